The number of hydrogen-bond acceptors (Lipinski definition) is 5. The van der Waals surface area contributed by atoms with E-state index in [9.17, 15) is 23.3 Å². The number of non-ortho nitro benzene ring substituents is 1. The van der Waals surface area contributed by atoms with E-state index in [1.54, 1.807) is 0 Å². The maximum atomic E-state index is 11.8. The molecule has 0 bridgehead atoms. The fourth-order valence-electron chi connectivity index (χ4n) is 1.72. The quantitative estimate of drug-likeness (QED) is 0.604. The molecule has 2 N–H and O–H groups in total. The lowest BCUT2D eigenvalue weighted by Gasteiger charge is -2.10. The fraction of sp³-hybridized carbons (Fsp3) is 0.364. The minimum atomic E-state index is -3.71. The second-order valence-corrected chi connectivity index (χ2v) is 6.39. The molecule has 0 unspecified atom stereocenters. The number of nitro benzene ring substituents is 1. The first-order valence-corrected chi connectivity index (χ1v) is 7.46. The van der Waals surface area contributed by atoms with Gasteiger partial charge in [0.25, 0.3) is 5.69 Å². The van der Waals surface area contributed by atoms with E-state index in [-0.39, 0.29) is 28.6 Å². The maximum Gasteiger partial charge on any atom is 0.337 e. The van der Waals surface area contributed by atoms with Crippen molar-refractivity contribution in [3.05, 3.63) is 33.9 Å². The predicted octanol–water partition coefficient (Wildman–Crippen LogP) is 1.44. The zero-order valence-electron chi connectivity index (χ0n) is 10.3. The van der Waals surface area contributed by atoms with Gasteiger partial charge in [0, 0.05) is 12.1 Å². The number of hydrogen-bond donors (Lipinski definition) is 2. The summed E-state index contributed by atoms with van der Waals surface area (Å²) in [6.45, 7) is 0. The minimum Gasteiger partial charge on any atom is -0.478 e. The van der Waals surface area contributed by atoms with Crippen LogP contribution in [0.3, 0.4) is 0 Å². The normalized spacial score (nSPS) is 14.8. The van der Waals surface area contributed by atoms with Gasteiger partial charge in [-0.25, -0.2) is 13.2 Å². The van der Waals surface area contributed by atoms with Gasteiger partial charge >= 0.3 is 5.97 Å². The summed E-state index contributed by atoms with van der Waals surface area (Å²) >= 11 is 0. The van der Waals surface area contributed by atoms with Crippen LogP contribution in [0.1, 0.15) is 23.2 Å². The first kappa shape index (κ1) is 14.3. The fourth-order valence-corrected chi connectivity index (χ4v) is 3.26. The average Bonchev–Trinajstić information content (AvgIpc) is 3.10. The highest BCUT2D eigenvalue weighted by atomic mass is 32.2. The van der Waals surface area contributed by atoms with Crippen LogP contribution >= 0.6 is 0 Å². The van der Waals surface area contributed by atoms with E-state index in [0.717, 1.165) is 31.0 Å². The van der Waals surface area contributed by atoms with Crippen molar-refractivity contribution in [3.63, 3.8) is 0 Å². The molecule has 1 aromatic carbocycles. The van der Waals surface area contributed by atoms with E-state index >= 15 is 0 Å². The van der Waals surface area contributed by atoms with Crippen molar-refractivity contribution in [3.8, 4) is 0 Å². The monoisotopic (exact) mass is 300 g/mol. The molecule has 8 nitrogen and oxygen atoms in total. The molecule has 0 aliphatic heterocycles. The van der Waals surface area contributed by atoms with Crippen molar-refractivity contribution < 1.29 is 23.2 Å². The molecule has 0 spiro atoms. The Morgan fingerprint density at radius 3 is 2.60 bits per heavy atom. The van der Waals surface area contributed by atoms with Gasteiger partial charge in [-0.15, -0.1) is 0 Å². The third-order valence-corrected chi connectivity index (χ3v) is 4.30. The van der Waals surface area contributed by atoms with Crippen LogP contribution in [0.2, 0.25) is 0 Å². The molecule has 0 atom stereocenters. The van der Waals surface area contributed by atoms with Crippen molar-refractivity contribution in [1.29, 1.82) is 0 Å². The molecule has 1 aliphatic carbocycles. The zero-order valence-corrected chi connectivity index (χ0v) is 11.1. The summed E-state index contributed by atoms with van der Waals surface area (Å²) in [7, 11) is -3.71. The number of aromatic carboxylic acids is 1. The second-order valence-electron chi connectivity index (χ2n) is 4.62. The number of rotatable bonds is 6. The van der Waals surface area contributed by atoms with Crippen LogP contribution in [0, 0.1) is 16.0 Å². The molecule has 0 saturated heterocycles. The van der Waals surface area contributed by atoms with Crippen LogP contribution < -0.4 is 4.72 Å². The van der Waals surface area contributed by atoms with E-state index in [2.05, 4.69) is 4.72 Å². The van der Waals surface area contributed by atoms with Crippen LogP contribution in [0.5, 0.6) is 0 Å². The summed E-state index contributed by atoms with van der Waals surface area (Å²) in [6, 6.07) is 2.94. The number of carboxylic acid groups (broad SMARTS) is 1. The van der Waals surface area contributed by atoms with Gasteiger partial charge in [-0.05, 0) is 24.8 Å². The average molecular weight is 300 g/mol. The summed E-state index contributed by atoms with van der Waals surface area (Å²) in [5, 5.41) is 19.7. The van der Waals surface area contributed by atoms with Gasteiger partial charge in [-0.3, -0.25) is 14.8 Å². The molecule has 0 aromatic heterocycles. The van der Waals surface area contributed by atoms with Gasteiger partial charge in [-0.2, -0.15) is 0 Å². The highest BCUT2D eigenvalue weighted by Crippen LogP contribution is 2.31. The Morgan fingerprint density at radius 1 is 1.45 bits per heavy atom. The van der Waals surface area contributed by atoms with Crippen LogP contribution in [0.4, 0.5) is 11.4 Å². The number of anilines is 1. The molecule has 9 heteroatoms. The topological polar surface area (TPSA) is 127 Å². The van der Waals surface area contributed by atoms with Crippen LogP contribution in [-0.4, -0.2) is 30.2 Å². The van der Waals surface area contributed by atoms with Crippen molar-refractivity contribution >= 4 is 27.4 Å². The molecule has 1 aromatic rings. The number of carbonyl (C=O) groups is 1. The molecule has 20 heavy (non-hydrogen) atoms. The Kier molecular flexibility index (Phi) is 3.62. The van der Waals surface area contributed by atoms with Gasteiger partial charge in [0.05, 0.1) is 21.9 Å². The van der Waals surface area contributed by atoms with Crippen LogP contribution in [0.25, 0.3) is 0 Å². The van der Waals surface area contributed by atoms with Crippen molar-refractivity contribution in [2.45, 2.75) is 12.8 Å². The molecule has 1 fully saturated rings. The van der Waals surface area contributed by atoms with Gasteiger partial charge in [0.15, 0.2) is 0 Å². The Balaban J connectivity index is 2.34. The molecule has 0 radical (unpaired) electrons. The lowest BCUT2D eigenvalue weighted by molar-refractivity contribution is -0.384. The first-order valence-electron chi connectivity index (χ1n) is 5.81. The number of nitro groups is 1. The van der Waals surface area contributed by atoms with E-state index in [0.29, 0.717) is 0 Å². The molecular formula is C11H12N2O6S. The smallest absolute Gasteiger partial charge is 0.337 e. The Bertz CT molecular complexity index is 665. The van der Waals surface area contributed by atoms with Gasteiger partial charge in [0.1, 0.15) is 0 Å². The Morgan fingerprint density at radius 2 is 2.10 bits per heavy atom. The molecule has 108 valence electrons. The van der Waals surface area contributed by atoms with Crippen LogP contribution in [-0.2, 0) is 10.0 Å². The minimum absolute atomic E-state index is 0.0828. The van der Waals surface area contributed by atoms with Crippen molar-refractivity contribution in [2.75, 3.05) is 10.5 Å². The molecular weight excluding hydrogens is 288 g/mol. The number of nitrogens with one attached hydrogen (secondary N) is 1. The Hall–Kier alpha value is -2.16. The summed E-state index contributed by atoms with van der Waals surface area (Å²) in [5.41, 5.74) is -0.985. The molecule has 1 aliphatic rings. The van der Waals surface area contributed by atoms with Gasteiger partial charge in [-0.1, -0.05) is 0 Å². The standard InChI is InChI=1S/C11H12N2O6S/c14-11(15)9-4-3-8(13(16)17)5-10(9)12-20(18,19)6-7-1-2-7/h3-5,7,12H,1-2,6H2,(H,14,15). The van der Waals surface area contributed by atoms with E-state index in [4.69, 9.17) is 5.11 Å². The number of benzene rings is 1. The maximum absolute atomic E-state index is 11.8. The number of sulfonamides is 1. The highest BCUT2D eigenvalue weighted by molar-refractivity contribution is 7.92. The van der Waals surface area contributed by atoms with E-state index in [1.807, 2.05) is 0 Å². The van der Waals surface area contributed by atoms with Gasteiger partial charge in [0.2, 0.25) is 10.0 Å². The summed E-state index contributed by atoms with van der Waals surface area (Å²) < 4.78 is 25.8. The predicted molar refractivity (Wildman–Crippen MR) is 70.2 cm³/mol. The lowest BCUT2D eigenvalue weighted by atomic mass is 10.1. The molecule has 1 saturated carbocycles. The van der Waals surface area contributed by atoms with E-state index in [1.165, 1.54) is 0 Å². The summed E-state index contributed by atoms with van der Waals surface area (Å²) in [6.07, 6.45) is 1.64. The molecule has 0 heterocycles. The first-order chi connectivity index (χ1) is 9.28. The third kappa shape index (κ3) is 3.44. The highest BCUT2D eigenvalue weighted by Gasteiger charge is 2.29. The third-order valence-electron chi connectivity index (χ3n) is 2.86. The van der Waals surface area contributed by atoms with Crippen LogP contribution in [0.15, 0.2) is 18.2 Å². The summed E-state index contributed by atoms with van der Waals surface area (Å²) in [5.74, 6) is -1.38. The zero-order chi connectivity index (χ0) is 14.9. The number of nitrogens with zero attached hydrogens (tertiary/aromatic N) is 1. The molecule has 0 amide bonds. The Labute approximate surface area is 114 Å². The van der Waals surface area contributed by atoms with E-state index < -0.39 is 20.9 Å². The largest absolute Gasteiger partial charge is 0.478 e. The summed E-state index contributed by atoms with van der Waals surface area (Å²) in [4.78, 5) is 21.0. The second kappa shape index (κ2) is 5.08. The van der Waals surface area contributed by atoms with Crippen molar-refractivity contribution in [2.24, 2.45) is 5.92 Å². The lowest BCUT2D eigenvalue weighted by Crippen LogP contribution is -2.19. The van der Waals surface area contributed by atoms with Crippen molar-refractivity contribution in [1.82, 2.24) is 0 Å². The van der Waals surface area contributed by atoms with Gasteiger partial charge < -0.3 is 5.11 Å². The SMILES string of the molecule is O=C(O)c1ccc([N+](=O)[O-])cc1NS(=O)(=O)CC1CC1. The molecule has 2 rings (SSSR count). The number of carboxylic acids is 1.